The quantitative estimate of drug-likeness (QED) is 0.612. The molecule has 0 saturated heterocycles. The molecule has 0 aliphatic carbocycles. The zero-order valence-corrected chi connectivity index (χ0v) is 11.1. The van der Waals surface area contributed by atoms with E-state index >= 15 is 0 Å². The number of ether oxygens (including phenoxy) is 1. The second kappa shape index (κ2) is 8.15. The minimum atomic E-state index is 0.528. The molecule has 0 spiro atoms. The van der Waals surface area contributed by atoms with Crippen LogP contribution in [0.25, 0.3) is 0 Å². The number of rotatable bonds is 7. The highest BCUT2D eigenvalue weighted by Gasteiger charge is 2.00. The first-order valence-electron chi connectivity index (χ1n) is 5.02. The summed E-state index contributed by atoms with van der Waals surface area (Å²) < 4.78 is 5.22. The predicted octanol–water partition coefficient (Wildman–Crippen LogP) is 3.34. The van der Waals surface area contributed by atoms with Gasteiger partial charge in [0, 0.05) is 29.0 Å². The monoisotopic (exact) mass is 281 g/mol. The lowest BCUT2D eigenvalue weighted by molar-refractivity contribution is 0.151. The molecule has 0 unspecified atom stereocenters. The zero-order chi connectivity index (χ0) is 11.8. The maximum Gasteiger partial charge on any atom is 0.0602 e. The van der Waals surface area contributed by atoms with Gasteiger partial charge in [0.1, 0.15) is 0 Å². The summed E-state index contributed by atoms with van der Waals surface area (Å²) in [6.07, 6.45) is 0. The molecule has 0 aliphatic heterocycles. The molecule has 0 aromatic heterocycles. The first-order chi connectivity index (χ1) is 7.74. The van der Waals surface area contributed by atoms with E-state index in [0.29, 0.717) is 30.7 Å². The molecular weight excluding hydrogens is 268 g/mol. The van der Waals surface area contributed by atoms with Crippen LogP contribution < -0.4 is 5.32 Å². The summed E-state index contributed by atoms with van der Waals surface area (Å²) in [6, 6.07) is 5.43. The highest BCUT2D eigenvalue weighted by Crippen LogP contribution is 2.20. The smallest absolute Gasteiger partial charge is 0.0602 e. The molecule has 0 bridgehead atoms. The van der Waals surface area contributed by atoms with Crippen molar-refractivity contribution in [3.63, 3.8) is 0 Å². The minimum Gasteiger partial charge on any atom is -0.379 e. The Morgan fingerprint density at radius 3 is 2.75 bits per heavy atom. The lowest BCUT2D eigenvalue weighted by Crippen LogP contribution is -2.19. The molecule has 0 radical (unpaired) electrons. The van der Waals surface area contributed by atoms with Crippen molar-refractivity contribution in [2.24, 2.45) is 0 Å². The number of hydrogen-bond acceptors (Lipinski definition) is 2. The maximum absolute atomic E-state index is 6.01. The number of nitrogens with one attached hydrogen (secondary N) is 1. The van der Waals surface area contributed by atoms with Gasteiger partial charge in [0.25, 0.3) is 0 Å². The molecule has 1 N–H and O–H groups in total. The summed E-state index contributed by atoms with van der Waals surface area (Å²) in [7, 11) is 0. The summed E-state index contributed by atoms with van der Waals surface area (Å²) in [6.45, 7) is 2.68. The number of alkyl halides is 1. The van der Waals surface area contributed by atoms with Crippen molar-refractivity contribution in [2.75, 3.05) is 25.6 Å². The van der Waals surface area contributed by atoms with Crippen molar-refractivity contribution in [3.05, 3.63) is 33.8 Å². The van der Waals surface area contributed by atoms with Crippen LogP contribution >= 0.6 is 34.8 Å². The van der Waals surface area contributed by atoms with Gasteiger partial charge in [0.2, 0.25) is 0 Å². The van der Waals surface area contributed by atoms with E-state index in [1.807, 2.05) is 6.07 Å². The van der Waals surface area contributed by atoms with Crippen LogP contribution in [0.4, 0.5) is 0 Å². The van der Waals surface area contributed by atoms with E-state index < -0.39 is 0 Å². The molecule has 0 aliphatic rings. The molecule has 5 heteroatoms. The van der Waals surface area contributed by atoms with Crippen molar-refractivity contribution >= 4 is 34.8 Å². The average molecular weight is 283 g/mol. The van der Waals surface area contributed by atoms with Gasteiger partial charge in [-0.15, -0.1) is 11.6 Å². The molecule has 16 heavy (non-hydrogen) atoms. The average Bonchev–Trinajstić information content (AvgIpc) is 2.28. The van der Waals surface area contributed by atoms with Crippen molar-refractivity contribution in [2.45, 2.75) is 6.54 Å². The van der Waals surface area contributed by atoms with Crippen molar-refractivity contribution in [3.8, 4) is 0 Å². The largest absolute Gasteiger partial charge is 0.379 e. The van der Waals surface area contributed by atoms with E-state index in [-0.39, 0.29) is 0 Å². The topological polar surface area (TPSA) is 21.3 Å². The SMILES string of the molecule is ClCCOCCNCc1cc(Cl)ccc1Cl. The zero-order valence-electron chi connectivity index (χ0n) is 8.81. The number of benzene rings is 1. The Bertz CT molecular complexity index is 320. The third kappa shape index (κ3) is 5.37. The third-order valence-corrected chi connectivity index (χ3v) is 2.73. The van der Waals surface area contributed by atoms with Gasteiger partial charge < -0.3 is 10.1 Å². The van der Waals surface area contributed by atoms with Crippen molar-refractivity contribution in [1.29, 1.82) is 0 Å². The summed E-state index contributed by atoms with van der Waals surface area (Å²) in [5.41, 5.74) is 0.992. The molecule has 0 heterocycles. The fourth-order valence-electron chi connectivity index (χ4n) is 1.20. The molecule has 0 fully saturated rings. The fraction of sp³-hybridized carbons (Fsp3) is 0.455. The Hall–Kier alpha value is 0.01000. The lowest BCUT2D eigenvalue weighted by Gasteiger charge is -2.07. The summed E-state index contributed by atoms with van der Waals surface area (Å²) in [5.74, 6) is 0.528. The minimum absolute atomic E-state index is 0.528. The second-order valence-corrected chi connectivity index (χ2v) is 4.44. The van der Waals surface area contributed by atoms with Crippen LogP contribution in [0.15, 0.2) is 18.2 Å². The summed E-state index contributed by atoms with van der Waals surface area (Å²) in [4.78, 5) is 0. The van der Waals surface area contributed by atoms with Crippen LogP contribution in [0.3, 0.4) is 0 Å². The standard InChI is InChI=1S/C11H14Cl3NO/c12-3-5-16-6-4-15-8-9-7-10(13)1-2-11(9)14/h1-2,7,15H,3-6,8H2. The Kier molecular flexibility index (Phi) is 7.17. The normalized spacial score (nSPS) is 10.7. The Morgan fingerprint density at radius 2 is 2.00 bits per heavy atom. The van der Waals surface area contributed by atoms with Gasteiger partial charge in [-0.1, -0.05) is 23.2 Å². The highest BCUT2D eigenvalue weighted by molar-refractivity contribution is 6.33. The number of hydrogen-bond donors (Lipinski definition) is 1. The Labute approximate surface area is 111 Å². The molecule has 1 rings (SSSR count). The first-order valence-corrected chi connectivity index (χ1v) is 6.31. The molecule has 2 nitrogen and oxygen atoms in total. The molecule has 1 aromatic carbocycles. The van der Waals surface area contributed by atoms with Gasteiger partial charge in [-0.2, -0.15) is 0 Å². The van der Waals surface area contributed by atoms with Gasteiger partial charge in [-0.05, 0) is 23.8 Å². The van der Waals surface area contributed by atoms with E-state index in [2.05, 4.69) is 5.32 Å². The van der Waals surface area contributed by atoms with E-state index in [0.717, 1.165) is 17.1 Å². The highest BCUT2D eigenvalue weighted by atomic mass is 35.5. The van der Waals surface area contributed by atoms with Crippen LogP contribution in [0.2, 0.25) is 10.0 Å². The van der Waals surface area contributed by atoms with E-state index in [1.165, 1.54) is 0 Å². The van der Waals surface area contributed by atoms with Crippen LogP contribution in [-0.4, -0.2) is 25.6 Å². The van der Waals surface area contributed by atoms with Gasteiger partial charge in [-0.25, -0.2) is 0 Å². The molecule has 0 amide bonds. The Morgan fingerprint density at radius 1 is 1.19 bits per heavy atom. The van der Waals surface area contributed by atoms with Crippen molar-refractivity contribution < 1.29 is 4.74 Å². The van der Waals surface area contributed by atoms with Gasteiger partial charge in [-0.3, -0.25) is 0 Å². The molecule has 1 aromatic rings. The second-order valence-electron chi connectivity index (χ2n) is 3.21. The first kappa shape index (κ1) is 14.1. The summed E-state index contributed by atoms with van der Waals surface area (Å²) >= 11 is 17.4. The fourth-order valence-corrected chi connectivity index (χ4v) is 1.69. The van der Waals surface area contributed by atoms with Gasteiger partial charge in [0.15, 0.2) is 0 Å². The van der Waals surface area contributed by atoms with Crippen LogP contribution in [-0.2, 0) is 11.3 Å². The van der Waals surface area contributed by atoms with Gasteiger partial charge in [0.05, 0.1) is 13.2 Å². The van der Waals surface area contributed by atoms with E-state index in [9.17, 15) is 0 Å². The maximum atomic E-state index is 6.01. The van der Waals surface area contributed by atoms with Crippen LogP contribution in [0.1, 0.15) is 5.56 Å². The third-order valence-electron chi connectivity index (χ3n) is 1.97. The van der Waals surface area contributed by atoms with E-state index in [1.54, 1.807) is 12.1 Å². The Balaban J connectivity index is 2.23. The van der Waals surface area contributed by atoms with Crippen molar-refractivity contribution in [1.82, 2.24) is 5.32 Å². The van der Waals surface area contributed by atoms with E-state index in [4.69, 9.17) is 39.5 Å². The molecule has 0 atom stereocenters. The molecule has 90 valence electrons. The molecular formula is C11H14Cl3NO. The van der Waals surface area contributed by atoms with Gasteiger partial charge >= 0.3 is 0 Å². The number of halogens is 3. The van der Waals surface area contributed by atoms with Crippen LogP contribution in [0.5, 0.6) is 0 Å². The van der Waals surface area contributed by atoms with Crippen LogP contribution in [0, 0.1) is 0 Å². The summed E-state index contributed by atoms with van der Waals surface area (Å²) in [5, 5.41) is 4.63. The molecule has 0 saturated carbocycles. The predicted molar refractivity (Wildman–Crippen MR) is 69.7 cm³/mol. The lowest BCUT2D eigenvalue weighted by atomic mass is 10.2.